The molecule has 0 saturated heterocycles. The fraction of sp³-hybridized carbons (Fsp3) is 0.524. The normalized spacial score (nSPS) is 34.3. The minimum absolute atomic E-state index is 0.187. The molecule has 3 unspecified atom stereocenters. The van der Waals surface area contributed by atoms with E-state index >= 15 is 0 Å². The smallest absolute Gasteiger partial charge is 0.308 e. The molecule has 0 aliphatic heterocycles. The molecular formula is C21H24O3. The topological polar surface area (TPSA) is 43.4 Å². The van der Waals surface area contributed by atoms with E-state index in [0.717, 1.165) is 37.7 Å². The average Bonchev–Trinajstić information content (AvgIpc) is 2.77. The first-order chi connectivity index (χ1) is 11.4. The Morgan fingerprint density at radius 3 is 2.88 bits per heavy atom. The molecular weight excluding hydrogens is 300 g/mol. The number of ether oxygens (including phenoxy) is 1. The molecule has 0 aromatic heterocycles. The molecule has 1 aromatic carbocycles. The van der Waals surface area contributed by atoms with Gasteiger partial charge in [-0.05, 0) is 78.7 Å². The zero-order chi connectivity index (χ0) is 17.1. The number of allylic oxidation sites excluding steroid dienone is 1. The summed E-state index contributed by atoms with van der Waals surface area (Å²) in [5, 5.41) is 0. The van der Waals surface area contributed by atoms with Crippen molar-refractivity contribution in [3.8, 4) is 5.75 Å². The number of benzene rings is 1. The van der Waals surface area contributed by atoms with E-state index in [4.69, 9.17) is 4.74 Å². The lowest BCUT2D eigenvalue weighted by Gasteiger charge is -2.48. The highest BCUT2D eigenvalue weighted by Crippen LogP contribution is 2.60. The van der Waals surface area contributed by atoms with Crippen molar-refractivity contribution < 1.29 is 14.3 Å². The van der Waals surface area contributed by atoms with Gasteiger partial charge in [0.05, 0.1) is 0 Å². The van der Waals surface area contributed by atoms with Crippen LogP contribution in [0.2, 0.25) is 0 Å². The predicted octanol–water partition coefficient (Wildman–Crippen LogP) is 4.20. The van der Waals surface area contributed by atoms with Crippen molar-refractivity contribution in [1.29, 1.82) is 0 Å². The molecule has 2 saturated carbocycles. The van der Waals surface area contributed by atoms with E-state index in [0.29, 0.717) is 29.3 Å². The summed E-state index contributed by atoms with van der Waals surface area (Å²) in [6, 6.07) is 6.08. The van der Waals surface area contributed by atoms with Crippen molar-refractivity contribution >= 4 is 11.8 Å². The van der Waals surface area contributed by atoms with Crippen molar-refractivity contribution in [3.63, 3.8) is 0 Å². The molecule has 24 heavy (non-hydrogen) atoms. The van der Waals surface area contributed by atoms with Crippen molar-refractivity contribution in [2.24, 2.45) is 17.3 Å². The SMILES string of the molecule is C=C1CC2C3CCc4cc(OC(C)=O)ccc4C3CC[C@]2(C)C1=O. The molecule has 0 amide bonds. The van der Waals surface area contributed by atoms with Crippen LogP contribution in [0.5, 0.6) is 5.75 Å². The van der Waals surface area contributed by atoms with Crippen LogP contribution in [0.15, 0.2) is 30.4 Å². The summed E-state index contributed by atoms with van der Waals surface area (Å²) in [6.07, 6.45) is 5.01. The number of hydrogen-bond donors (Lipinski definition) is 0. The Labute approximate surface area is 143 Å². The molecule has 126 valence electrons. The number of rotatable bonds is 1. The first kappa shape index (κ1) is 15.6. The lowest BCUT2D eigenvalue weighted by Crippen LogP contribution is -2.42. The van der Waals surface area contributed by atoms with Gasteiger partial charge in [-0.3, -0.25) is 9.59 Å². The van der Waals surface area contributed by atoms with Crippen LogP contribution in [0.3, 0.4) is 0 Å². The minimum atomic E-state index is -0.278. The molecule has 2 fully saturated rings. The van der Waals surface area contributed by atoms with Gasteiger partial charge in [0.2, 0.25) is 0 Å². The lowest BCUT2D eigenvalue weighted by atomic mass is 9.55. The lowest BCUT2D eigenvalue weighted by molar-refractivity contribution is -0.132. The van der Waals surface area contributed by atoms with Gasteiger partial charge in [0.1, 0.15) is 5.75 Å². The zero-order valence-corrected chi connectivity index (χ0v) is 14.4. The Morgan fingerprint density at radius 2 is 2.12 bits per heavy atom. The summed E-state index contributed by atoms with van der Waals surface area (Å²) in [7, 11) is 0. The molecule has 3 aliphatic carbocycles. The quantitative estimate of drug-likeness (QED) is 0.442. The van der Waals surface area contributed by atoms with Crippen LogP contribution in [0.4, 0.5) is 0 Å². The molecule has 1 aromatic rings. The van der Waals surface area contributed by atoms with Crippen molar-refractivity contribution in [2.45, 2.75) is 51.9 Å². The number of Topliss-reactive ketones (excluding diaryl/α,β-unsaturated/α-hetero) is 1. The van der Waals surface area contributed by atoms with E-state index in [1.807, 2.05) is 12.1 Å². The second kappa shape index (κ2) is 5.30. The van der Waals surface area contributed by atoms with Crippen LogP contribution in [-0.2, 0) is 16.0 Å². The Balaban J connectivity index is 1.66. The average molecular weight is 324 g/mol. The summed E-state index contributed by atoms with van der Waals surface area (Å²) in [6.45, 7) is 7.62. The molecule has 0 bridgehead atoms. The van der Waals surface area contributed by atoms with Crippen LogP contribution < -0.4 is 4.74 Å². The van der Waals surface area contributed by atoms with Crippen LogP contribution in [0.1, 0.15) is 56.6 Å². The van der Waals surface area contributed by atoms with Crippen molar-refractivity contribution in [3.05, 3.63) is 41.5 Å². The Bertz CT molecular complexity index is 747. The Kier molecular flexibility index (Phi) is 3.45. The van der Waals surface area contributed by atoms with Crippen LogP contribution in [0.25, 0.3) is 0 Å². The fourth-order valence-corrected chi connectivity index (χ4v) is 5.53. The van der Waals surface area contributed by atoms with Gasteiger partial charge in [0.25, 0.3) is 0 Å². The van der Waals surface area contributed by atoms with Gasteiger partial charge in [-0.15, -0.1) is 0 Å². The third-order valence-corrected chi connectivity index (χ3v) is 6.66. The maximum absolute atomic E-state index is 12.6. The number of fused-ring (bicyclic) bond motifs is 5. The van der Waals surface area contributed by atoms with E-state index < -0.39 is 0 Å². The Morgan fingerprint density at radius 1 is 1.33 bits per heavy atom. The van der Waals surface area contributed by atoms with Crippen molar-refractivity contribution in [2.75, 3.05) is 0 Å². The van der Waals surface area contributed by atoms with Gasteiger partial charge >= 0.3 is 5.97 Å². The maximum Gasteiger partial charge on any atom is 0.308 e. The third-order valence-electron chi connectivity index (χ3n) is 6.66. The number of esters is 1. The summed E-state index contributed by atoms with van der Waals surface area (Å²) in [5.41, 5.74) is 3.35. The summed E-state index contributed by atoms with van der Waals surface area (Å²) in [5.74, 6) is 2.21. The second-order valence-electron chi connectivity index (χ2n) is 7.96. The molecule has 0 N–H and O–H groups in total. The molecule has 4 atom stereocenters. The number of ketones is 1. The number of carbonyl (C=O) groups excluding carboxylic acids is 2. The van der Waals surface area contributed by atoms with E-state index in [-0.39, 0.29) is 11.4 Å². The Hall–Kier alpha value is -1.90. The first-order valence-corrected chi connectivity index (χ1v) is 8.94. The largest absolute Gasteiger partial charge is 0.427 e. The van der Waals surface area contributed by atoms with Crippen LogP contribution >= 0.6 is 0 Å². The van der Waals surface area contributed by atoms with E-state index in [1.165, 1.54) is 18.1 Å². The highest BCUT2D eigenvalue weighted by molar-refractivity contribution is 6.02. The fourth-order valence-electron chi connectivity index (χ4n) is 5.53. The van der Waals surface area contributed by atoms with E-state index in [2.05, 4.69) is 19.6 Å². The first-order valence-electron chi connectivity index (χ1n) is 8.94. The van der Waals surface area contributed by atoms with Gasteiger partial charge < -0.3 is 4.74 Å². The van der Waals surface area contributed by atoms with Crippen LogP contribution in [-0.4, -0.2) is 11.8 Å². The summed E-state index contributed by atoms with van der Waals surface area (Å²) in [4.78, 5) is 23.7. The number of carbonyl (C=O) groups is 2. The van der Waals surface area contributed by atoms with Gasteiger partial charge in [0, 0.05) is 12.3 Å². The zero-order valence-electron chi connectivity index (χ0n) is 14.4. The molecule has 0 heterocycles. The summed E-state index contributed by atoms with van der Waals surface area (Å²) < 4.78 is 5.23. The van der Waals surface area contributed by atoms with Crippen molar-refractivity contribution in [1.82, 2.24) is 0 Å². The van der Waals surface area contributed by atoms with Gasteiger partial charge in [-0.2, -0.15) is 0 Å². The van der Waals surface area contributed by atoms with E-state index in [1.54, 1.807) is 0 Å². The highest BCUT2D eigenvalue weighted by atomic mass is 16.5. The molecule has 3 aliphatic rings. The third kappa shape index (κ3) is 2.17. The predicted molar refractivity (Wildman–Crippen MR) is 91.9 cm³/mol. The number of hydrogen-bond acceptors (Lipinski definition) is 3. The number of aryl methyl sites for hydroxylation is 1. The molecule has 0 spiro atoms. The minimum Gasteiger partial charge on any atom is -0.427 e. The van der Waals surface area contributed by atoms with Gasteiger partial charge in [-0.25, -0.2) is 0 Å². The molecule has 3 nitrogen and oxygen atoms in total. The highest BCUT2D eigenvalue weighted by Gasteiger charge is 2.55. The maximum atomic E-state index is 12.6. The molecule has 4 rings (SSSR count). The standard InChI is InChI=1S/C21H24O3/c1-12-10-19-18-6-4-14-11-15(24-13(2)22)5-7-16(14)17(18)8-9-21(19,3)20(12)23/h5,7,11,17-19H,1,4,6,8-10H2,2-3H3/t17?,18?,19?,21-/m0/s1. The molecule has 0 radical (unpaired) electrons. The molecule has 3 heteroatoms. The van der Waals surface area contributed by atoms with Gasteiger partial charge in [0.15, 0.2) is 5.78 Å². The summed E-state index contributed by atoms with van der Waals surface area (Å²) >= 11 is 0. The second-order valence-corrected chi connectivity index (χ2v) is 7.96. The monoisotopic (exact) mass is 324 g/mol. The van der Waals surface area contributed by atoms with Gasteiger partial charge in [-0.1, -0.05) is 19.6 Å². The van der Waals surface area contributed by atoms with Crippen LogP contribution in [0, 0.1) is 17.3 Å². The van der Waals surface area contributed by atoms with E-state index in [9.17, 15) is 9.59 Å².